The van der Waals surface area contributed by atoms with E-state index >= 15 is 0 Å². The lowest BCUT2D eigenvalue weighted by atomic mass is 10.1. The van der Waals surface area contributed by atoms with Crippen molar-refractivity contribution in [3.63, 3.8) is 0 Å². The zero-order valence-electron chi connectivity index (χ0n) is 11.8. The first-order chi connectivity index (χ1) is 10.0. The molecule has 0 spiro atoms. The smallest absolute Gasteiger partial charge is 0.137 e. The van der Waals surface area contributed by atoms with Crippen LogP contribution in [0.4, 0.5) is 4.39 Å². The lowest BCUT2D eigenvalue weighted by molar-refractivity contribution is 0.403. The van der Waals surface area contributed by atoms with Crippen LogP contribution in [-0.2, 0) is 6.54 Å². The fourth-order valence-electron chi connectivity index (χ4n) is 2.17. The summed E-state index contributed by atoms with van der Waals surface area (Å²) in [5, 5.41) is 3.32. The number of rotatable bonds is 5. The van der Waals surface area contributed by atoms with Crippen molar-refractivity contribution >= 4 is 31.9 Å². The fourth-order valence-corrected chi connectivity index (χ4v) is 3.65. The highest BCUT2D eigenvalue weighted by Crippen LogP contribution is 2.33. The summed E-state index contributed by atoms with van der Waals surface area (Å²) in [6.45, 7) is 2.52. The number of methoxy groups -OCH3 is 1. The molecular formula is C16H16Br2FNO. The third-order valence-electron chi connectivity index (χ3n) is 3.26. The van der Waals surface area contributed by atoms with Crippen molar-refractivity contribution in [2.75, 3.05) is 7.11 Å². The highest BCUT2D eigenvalue weighted by molar-refractivity contribution is 9.11. The molecule has 0 saturated heterocycles. The van der Waals surface area contributed by atoms with E-state index in [9.17, 15) is 4.39 Å². The van der Waals surface area contributed by atoms with E-state index < -0.39 is 0 Å². The molecule has 1 N–H and O–H groups in total. The van der Waals surface area contributed by atoms with Crippen LogP contribution >= 0.6 is 31.9 Å². The number of hydrogen-bond donors (Lipinski definition) is 1. The van der Waals surface area contributed by atoms with Gasteiger partial charge in [0.25, 0.3) is 0 Å². The first-order valence-electron chi connectivity index (χ1n) is 6.52. The Morgan fingerprint density at radius 3 is 2.62 bits per heavy atom. The van der Waals surface area contributed by atoms with Gasteiger partial charge in [0.1, 0.15) is 11.6 Å². The molecule has 0 heterocycles. The minimum absolute atomic E-state index is 0.0892. The molecule has 5 heteroatoms. The van der Waals surface area contributed by atoms with E-state index in [-0.39, 0.29) is 11.9 Å². The summed E-state index contributed by atoms with van der Waals surface area (Å²) >= 11 is 6.95. The van der Waals surface area contributed by atoms with Crippen molar-refractivity contribution in [3.8, 4) is 5.75 Å². The van der Waals surface area contributed by atoms with Gasteiger partial charge >= 0.3 is 0 Å². The van der Waals surface area contributed by atoms with Gasteiger partial charge in [-0.15, -0.1) is 0 Å². The Balaban J connectivity index is 2.15. The molecule has 0 fully saturated rings. The van der Waals surface area contributed by atoms with Gasteiger partial charge in [0.05, 0.1) is 11.6 Å². The van der Waals surface area contributed by atoms with Crippen LogP contribution in [0.2, 0.25) is 0 Å². The topological polar surface area (TPSA) is 21.3 Å². The molecule has 1 atom stereocenters. The van der Waals surface area contributed by atoms with Gasteiger partial charge in [0.2, 0.25) is 0 Å². The van der Waals surface area contributed by atoms with Crippen LogP contribution in [0.25, 0.3) is 0 Å². The molecule has 0 amide bonds. The summed E-state index contributed by atoms with van der Waals surface area (Å²) in [5.74, 6) is 0.589. The number of benzene rings is 2. The van der Waals surface area contributed by atoms with Gasteiger partial charge in [-0.1, -0.05) is 34.1 Å². The van der Waals surface area contributed by atoms with Crippen LogP contribution in [0, 0.1) is 5.82 Å². The van der Waals surface area contributed by atoms with Crippen LogP contribution in [0.5, 0.6) is 5.75 Å². The maximum Gasteiger partial charge on any atom is 0.137 e. The number of halogens is 3. The first-order valence-corrected chi connectivity index (χ1v) is 8.11. The van der Waals surface area contributed by atoms with Gasteiger partial charge in [0, 0.05) is 28.2 Å². The average Bonchev–Trinajstić information content (AvgIpc) is 2.44. The summed E-state index contributed by atoms with van der Waals surface area (Å²) in [5.41, 5.74) is 1.66. The van der Waals surface area contributed by atoms with E-state index in [4.69, 9.17) is 4.74 Å². The van der Waals surface area contributed by atoms with Gasteiger partial charge in [-0.05, 0) is 41.1 Å². The normalized spacial score (nSPS) is 12.2. The molecule has 0 saturated carbocycles. The minimum atomic E-state index is -0.195. The zero-order valence-corrected chi connectivity index (χ0v) is 15.0. The molecule has 0 aliphatic carbocycles. The van der Waals surface area contributed by atoms with Crippen LogP contribution in [0.3, 0.4) is 0 Å². The molecule has 0 aliphatic heterocycles. The second-order valence-electron chi connectivity index (χ2n) is 4.70. The quantitative estimate of drug-likeness (QED) is 0.722. The second kappa shape index (κ2) is 7.38. The van der Waals surface area contributed by atoms with E-state index in [0.29, 0.717) is 12.1 Å². The molecule has 2 aromatic carbocycles. The van der Waals surface area contributed by atoms with E-state index in [1.807, 2.05) is 25.1 Å². The van der Waals surface area contributed by atoms with Gasteiger partial charge in [-0.2, -0.15) is 0 Å². The molecular weight excluding hydrogens is 401 g/mol. The second-order valence-corrected chi connectivity index (χ2v) is 6.47. The fraction of sp³-hybridized carbons (Fsp3) is 0.250. The Morgan fingerprint density at radius 2 is 1.95 bits per heavy atom. The van der Waals surface area contributed by atoms with Crippen LogP contribution in [0.1, 0.15) is 24.1 Å². The first kappa shape index (κ1) is 16.5. The number of ether oxygens (including phenoxy) is 1. The molecule has 0 aliphatic rings. The lowest BCUT2D eigenvalue weighted by Gasteiger charge is -2.17. The maximum absolute atomic E-state index is 13.8. The third-order valence-corrected chi connectivity index (χ3v) is 4.31. The van der Waals surface area contributed by atoms with Crippen molar-refractivity contribution in [2.45, 2.75) is 19.5 Å². The molecule has 112 valence electrons. The highest BCUT2D eigenvalue weighted by atomic mass is 79.9. The summed E-state index contributed by atoms with van der Waals surface area (Å²) in [6, 6.07) is 10.6. The number of hydrogen-bond acceptors (Lipinski definition) is 2. The molecule has 21 heavy (non-hydrogen) atoms. The maximum atomic E-state index is 13.8. The predicted molar refractivity (Wildman–Crippen MR) is 90.0 cm³/mol. The molecule has 0 radical (unpaired) electrons. The van der Waals surface area contributed by atoms with Gasteiger partial charge < -0.3 is 10.1 Å². The van der Waals surface area contributed by atoms with E-state index in [2.05, 4.69) is 37.2 Å². The molecule has 1 unspecified atom stereocenters. The van der Waals surface area contributed by atoms with Crippen LogP contribution in [0.15, 0.2) is 45.3 Å². The summed E-state index contributed by atoms with van der Waals surface area (Å²) in [6.07, 6.45) is 0. The predicted octanol–water partition coefficient (Wildman–Crippen LogP) is 5.21. The summed E-state index contributed by atoms with van der Waals surface area (Å²) in [4.78, 5) is 0. The molecule has 0 bridgehead atoms. The van der Waals surface area contributed by atoms with Crippen LogP contribution in [-0.4, -0.2) is 7.11 Å². The monoisotopic (exact) mass is 415 g/mol. The van der Waals surface area contributed by atoms with Gasteiger partial charge in [0.15, 0.2) is 0 Å². The van der Waals surface area contributed by atoms with Crippen LogP contribution < -0.4 is 10.1 Å². The Morgan fingerprint density at radius 1 is 1.24 bits per heavy atom. The van der Waals surface area contributed by atoms with E-state index in [1.54, 1.807) is 19.2 Å². The van der Waals surface area contributed by atoms with Crippen molar-refractivity contribution in [2.24, 2.45) is 0 Å². The number of nitrogens with one attached hydrogen (secondary N) is 1. The molecule has 2 rings (SSSR count). The Hall–Kier alpha value is -0.910. The van der Waals surface area contributed by atoms with Crippen molar-refractivity contribution in [1.29, 1.82) is 0 Å². The largest absolute Gasteiger partial charge is 0.495 e. The summed E-state index contributed by atoms with van der Waals surface area (Å²) < 4.78 is 21.0. The Kier molecular flexibility index (Phi) is 5.79. The summed E-state index contributed by atoms with van der Waals surface area (Å²) in [7, 11) is 1.64. The molecule has 2 nitrogen and oxygen atoms in total. The van der Waals surface area contributed by atoms with Crippen molar-refractivity contribution in [3.05, 3.63) is 62.3 Å². The van der Waals surface area contributed by atoms with Gasteiger partial charge in [-0.25, -0.2) is 4.39 Å². The SMILES string of the molecule is COc1c(Br)cc(Br)cc1CNC(C)c1ccccc1F. The van der Waals surface area contributed by atoms with Gasteiger partial charge in [-0.3, -0.25) is 0 Å². The molecule has 2 aromatic rings. The van der Waals surface area contributed by atoms with Crippen molar-refractivity contribution in [1.82, 2.24) is 5.32 Å². The Bertz CT molecular complexity index is 634. The van der Waals surface area contributed by atoms with Crippen molar-refractivity contribution < 1.29 is 9.13 Å². The minimum Gasteiger partial charge on any atom is -0.495 e. The highest BCUT2D eigenvalue weighted by Gasteiger charge is 2.13. The van der Waals surface area contributed by atoms with E-state index in [0.717, 1.165) is 20.3 Å². The third kappa shape index (κ3) is 4.05. The zero-order chi connectivity index (χ0) is 15.4. The standard InChI is InChI=1S/C16H16Br2FNO/c1-10(13-5-3-4-6-15(13)19)20-9-11-7-12(17)8-14(18)16(11)21-2/h3-8,10,20H,9H2,1-2H3. The lowest BCUT2D eigenvalue weighted by Crippen LogP contribution is -2.19. The molecule has 0 aromatic heterocycles. The average molecular weight is 417 g/mol. The van der Waals surface area contributed by atoms with E-state index in [1.165, 1.54) is 6.07 Å². The Labute approximate surface area is 141 Å².